The summed E-state index contributed by atoms with van der Waals surface area (Å²) in [6.07, 6.45) is 0.474. The van der Waals surface area contributed by atoms with Crippen LogP contribution in [0.1, 0.15) is 31.9 Å². The van der Waals surface area contributed by atoms with Gasteiger partial charge >= 0.3 is 0 Å². The van der Waals surface area contributed by atoms with Gasteiger partial charge in [-0.15, -0.1) is 0 Å². The lowest BCUT2D eigenvalue weighted by molar-refractivity contribution is 0.151. The van der Waals surface area contributed by atoms with Gasteiger partial charge in [0.2, 0.25) is 0 Å². The molecule has 1 rings (SSSR count). The quantitative estimate of drug-likeness (QED) is 0.820. The third-order valence-corrected chi connectivity index (χ3v) is 2.47. The van der Waals surface area contributed by atoms with Gasteiger partial charge in [-0.25, -0.2) is 0 Å². The summed E-state index contributed by atoms with van der Waals surface area (Å²) in [6.45, 7) is 4.25. The van der Waals surface area contributed by atoms with Crippen molar-refractivity contribution in [2.75, 3.05) is 19.0 Å². The first-order chi connectivity index (χ1) is 7.00. The number of aliphatic hydroxyl groups is 1. The van der Waals surface area contributed by atoms with Crippen LogP contribution in [0.3, 0.4) is 0 Å². The standard InChI is InChI=1S/C13H21NO/c1-10(2)8-13(15)11-6-5-7-12(9-11)14(3)4/h5-7,9-10,13,15H,8H2,1-4H3. The van der Waals surface area contributed by atoms with E-state index in [2.05, 4.69) is 13.8 Å². The summed E-state index contributed by atoms with van der Waals surface area (Å²) in [5.74, 6) is 0.517. The van der Waals surface area contributed by atoms with E-state index in [0.717, 1.165) is 17.7 Å². The van der Waals surface area contributed by atoms with Crippen molar-refractivity contribution in [1.82, 2.24) is 0 Å². The van der Waals surface area contributed by atoms with E-state index in [4.69, 9.17) is 0 Å². The largest absolute Gasteiger partial charge is 0.388 e. The molecule has 2 nitrogen and oxygen atoms in total. The minimum absolute atomic E-state index is 0.343. The zero-order valence-electron chi connectivity index (χ0n) is 10.1. The minimum Gasteiger partial charge on any atom is -0.388 e. The van der Waals surface area contributed by atoms with Crippen LogP contribution in [0.15, 0.2) is 24.3 Å². The van der Waals surface area contributed by atoms with Gasteiger partial charge in [0.15, 0.2) is 0 Å². The van der Waals surface area contributed by atoms with Crippen LogP contribution >= 0.6 is 0 Å². The van der Waals surface area contributed by atoms with Gasteiger partial charge in [-0.2, -0.15) is 0 Å². The first kappa shape index (κ1) is 12.1. The topological polar surface area (TPSA) is 23.5 Å². The van der Waals surface area contributed by atoms with Gasteiger partial charge in [-0.05, 0) is 30.0 Å². The van der Waals surface area contributed by atoms with Crippen molar-refractivity contribution in [3.8, 4) is 0 Å². The number of hydrogen-bond acceptors (Lipinski definition) is 2. The molecular weight excluding hydrogens is 186 g/mol. The average Bonchev–Trinajstić information content (AvgIpc) is 2.17. The molecule has 0 aromatic heterocycles. The third kappa shape index (κ3) is 3.56. The molecule has 84 valence electrons. The summed E-state index contributed by atoms with van der Waals surface area (Å²) in [7, 11) is 4.02. The van der Waals surface area contributed by atoms with Crippen LogP contribution in [0, 0.1) is 5.92 Å². The zero-order chi connectivity index (χ0) is 11.4. The Morgan fingerprint density at radius 3 is 2.47 bits per heavy atom. The second-order valence-corrected chi connectivity index (χ2v) is 4.63. The Morgan fingerprint density at radius 1 is 1.27 bits per heavy atom. The number of hydrogen-bond donors (Lipinski definition) is 1. The second-order valence-electron chi connectivity index (χ2n) is 4.63. The maximum absolute atomic E-state index is 9.98. The molecule has 0 aliphatic carbocycles. The number of benzene rings is 1. The predicted molar refractivity (Wildman–Crippen MR) is 65.2 cm³/mol. The summed E-state index contributed by atoms with van der Waals surface area (Å²) in [5, 5.41) is 9.98. The molecule has 0 spiro atoms. The third-order valence-electron chi connectivity index (χ3n) is 2.47. The van der Waals surface area contributed by atoms with Crippen LogP contribution in [0.4, 0.5) is 5.69 Å². The van der Waals surface area contributed by atoms with E-state index in [-0.39, 0.29) is 6.10 Å². The molecule has 1 unspecified atom stereocenters. The molecule has 0 saturated carbocycles. The van der Waals surface area contributed by atoms with Crippen molar-refractivity contribution in [2.45, 2.75) is 26.4 Å². The Labute approximate surface area is 92.5 Å². The fourth-order valence-electron chi connectivity index (χ4n) is 1.59. The summed E-state index contributed by atoms with van der Waals surface area (Å²) < 4.78 is 0. The Kier molecular flexibility index (Phi) is 4.15. The molecule has 0 aliphatic heterocycles. The van der Waals surface area contributed by atoms with Crippen molar-refractivity contribution >= 4 is 5.69 Å². The summed E-state index contributed by atoms with van der Waals surface area (Å²) in [6, 6.07) is 8.08. The summed E-state index contributed by atoms with van der Waals surface area (Å²) in [5.41, 5.74) is 2.14. The van der Waals surface area contributed by atoms with Gasteiger partial charge in [-0.3, -0.25) is 0 Å². The van der Waals surface area contributed by atoms with E-state index in [1.54, 1.807) is 0 Å². The molecule has 0 aliphatic rings. The first-order valence-corrected chi connectivity index (χ1v) is 5.46. The fourth-order valence-corrected chi connectivity index (χ4v) is 1.59. The number of aliphatic hydroxyl groups excluding tert-OH is 1. The van der Waals surface area contributed by atoms with Crippen LogP contribution in [-0.4, -0.2) is 19.2 Å². The molecule has 1 N–H and O–H groups in total. The Morgan fingerprint density at radius 2 is 1.93 bits per heavy atom. The monoisotopic (exact) mass is 207 g/mol. The van der Waals surface area contributed by atoms with Crippen molar-refractivity contribution in [3.05, 3.63) is 29.8 Å². The van der Waals surface area contributed by atoms with E-state index in [0.29, 0.717) is 5.92 Å². The molecular formula is C13H21NO. The molecule has 0 fully saturated rings. The molecule has 1 atom stereocenters. The first-order valence-electron chi connectivity index (χ1n) is 5.46. The SMILES string of the molecule is CC(C)CC(O)c1cccc(N(C)C)c1. The van der Waals surface area contributed by atoms with Crippen LogP contribution in [-0.2, 0) is 0 Å². The predicted octanol–water partition coefficient (Wildman–Crippen LogP) is 2.83. The highest BCUT2D eigenvalue weighted by Gasteiger charge is 2.10. The lowest BCUT2D eigenvalue weighted by Crippen LogP contribution is -2.09. The molecule has 1 aromatic rings. The van der Waals surface area contributed by atoms with Gasteiger partial charge in [-0.1, -0.05) is 26.0 Å². The smallest absolute Gasteiger partial charge is 0.0793 e. The number of nitrogens with zero attached hydrogens (tertiary/aromatic N) is 1. The summed E-state index contributed by atoms with van der Waals surface area (Å²) >= 11 is 0. The van der Waals surface area contributed by atoms with E-state index in [9.17, 15) is 5.11 Å². The number of rotatable bonds is 4. The number of anilines is 1. The van der Waals surface area contributed by atoms with Gasteiger partial charge in [0, 0.05) is 19.8 Å². The molecule has 0 bridgehead atoms. The summed E-state index contributed by atoms with van der Waals surface area (Å²) in [4.78, 5) is 2.05. The van der Waals surface area contributed by atoms with Gasteiger partial charge in [0.25, 0.3) is 0 Å². The molecule has 0 heterocycles. The Balaban J connectivity index is 2.80. The fraction of sp³-hybridized carbons (Fsp3) is 0.538. The normalized spacial score (nSPS) is 12.9. The van der Waals surface area contributed by atoms with E-state index in [1.165, 1.54) is 0 Å². The Bertz CT molecular complexity index is 307. The highest BCUT2D eigenvalue weighted by Crippen LogP contribution is 2.24. The molecule has 1 aromatic carbocycles. The van der Waals surface area contributed by atoms with Gasteiger partial charge < -0.3 is 10.0 Å². The minimum atomic E-state index is -0.343. The lowest BCUT2D eigenvalue weighted by Gasteiger charge is -2.17. The van der Waals surface area contributed by atoms with Crippen molar-refractivity contribution in [1.29, 1.82) is 0 Å². The van der Waals surface area contributed by atoms with Gasteiger partial charge in [0.1, 0.15) is 0 Å². The van der Waals surface area contributed by atoms with Crippen LogP contribution < -0.4 is 4.90 Å². The molecule has 0 amide bonds. The molecule has 2 heteroatoms. The average molecular weight is 207 g/mol. The lowest BCUT2D eigenvalue weighted by atomic mass is 9.99. The zero-order valence-corrected chi connectivity index (χ0v) is 10.1. The second kappa shape index (κ2) is 5.17. The highest BCUT2D eigenvalue weighted by atomic mass is 16.3. The van der Waals surface area contributed by atoms with Crippen molar-refractivity contribution in [3.63, 3.8) is 0 Å². The molecule has 0 radical (unpaired) electrons. The van der Waals surface area contributed by atoms with Crippen LogP contribution in [0.2, 0.25) is 0 Å². The van der Waals surface area contributed by atoms with Gasteiger partial charge in [0.05, 0.1) is 6.10 Å². The van der Waals surface area contributed by atoms with Crippen molar-refractivity contribution in [2.24, 2.45) is 5.92 Å². The molecule has 0 saturated heterocycles. The van der Waals surface area contributed by atoms with Crippen LogP contribution in [0.5, 0.6) is 0 Å². The van der Waals surface area contributed by atoms with E-state index < -0.39 is 0 Å². The van der Waals surface area contributed by atoms with Crippen LogP contribution in [0.25, 0.3) is 0 Å². The van der Waals surface area contributed by atoms with E-state index >= 15 is 0 Å². The maximum atomic E-state index is 9.98. The van der Waals surface area contributed by atoms with E-state index in [1.807, 2.05) is 43.3 Å². The highest BCUT2D eigenvalue weighted by molar-refractivity contribution is 5.47. The maximum Gasteiger partial charge on any atom is 0.0793 e. The Hall–Kier alpha value is -1.02. The molecule has 15 heavy (non-hydrogen) atoms. The van der Waals surface area contributed by atoms with Crippen molar-refractivity contribution < 1.29 is 5.11 Å².